The lowest BCUT2D eigenvalue weighted by atomic mass is 10.1. The van der Waals surface area contributed by atoms with Gasteiger partial charge in [-0.1, -0.05) is 0 Å². The van der Waals surface area contributed by atoms with Crippen molar-refractivity contribution in [1.82, 2.24) is 19.9 Å². The monoisotopic (exact) mass is 389 g/mol. The first-order valence-electron chi connectivity index (χ1n) is 8.97. The van der Waals surface area contributed by atoms with Crippen molar-refractivity contribution in [2.24, 2.45) is 0 Å². The minimum atomic E-state index is -0.948. The number of hydrogen-bond donors (Lipinski definition) is 1. The summed E-state index contributed by atoms with van der Waals surface area (Å²) >= 11 is 0. The predicted molar refractivity (Wildman–Crippen MR) is 96.2 cm³/mol. The number of methoxy groups -OCH3 is 1. The van der Waals surface area contributed by atoms with E-state index < -0.39 is 11.9 Å². The number of fused-ring (bicyclic) bond motifs is 1. The largest absolute Gasteiger partial charge is 0.479 e. The quantitative estimate of drug-likeness (QED) is 0.844. The number of anilines is 1. The van der Waals surface area contributed by atoms with Gasteiger partial charge < -0.3 is 24.4 Å². The maximum Gasteiger partial charge on any atom is 0.407 e. The molecule has 0 spiro atoms. The molecule has 148 valence electrons. The number of hydrogen-bond acceptors (Lipinski definition) is 7. The number of halogens is 1. The molecule has 0 unspecified atom stereocenters. The molecule has 0 aromatic carbocycles. The molecule has 1 N–H and O–H groups in total. The van der Waals surface area contributed by atoms with Gasteiger partial charge >= 0.3 is 6.09 Å². The second kappa shape index (κ2) is 7.45. The second-order valence-corrected chi connectivity index (χ2v) is 6.72. The number of amides is 1. The SMILES string of the molecule is COc1ncc(N2CCc3ncnc(O[C@H]4CCN(C(=O)O)C4)c3C2)cc1F. The minimum Gasteiger partial charge on any atom is -0.479 e. The van der Waals surface area contributed by atoms with Gasteiger partial charge in [-0.25, -0.2) is 24.1 Å². The Morgan fingerprint density at radius 1 is 1.29 bits per heavy atom. The number of rotatable bonds is 4. The van der Waals surface area contributed by atoms with E-state index in [2.05, 4.69) is 15.0 Å². The van der Waals surface area contributed by atoms with Crippen molar-refractivity contribution in [3.63, 3.8) is 0 Å². The van der Waals surface area contributed by atoms with E-state index in [0.717, 1.165) is 11.3 Å². The zero-order valence-corrected chi connectivity index (χ0v) is 15.3. The highest BCUT2D eigenvalue weighted by Crippen LogP contribution is 2.30. The number of carbonyl (C=O) groups is 1. The fourth-order valence-electron chi connectivity index (χ4n) is 3.53. The summed E-state index contributed by atoms with van der Waals surface area (Å²) in [6.07, 6.45) is 3.11. The molecule has 0 radical (unpaired) electrons. The molecule has 2 aliphatic rings. The summed E-state index contributed by atoms with van der Waals surface area (Å²) in [6.45, 7) is 1.86. The highest BCUT2D eigenvalue weighted by Gasteiger charge is 2.30. The molecule has 1 saturated heterocycles. The average molecular weight is 389 g/mol. The first kappa shape index (κ1) is 18.2. The van der Waals surface area contributed by atoms with E-state index in [9.17, 15) is 9.18 Å². The van der Waals surface area contributed by atoms with Crippen molar-refractivity contribution in [3.05, 3.63) is 35.7 Å². The molecule has 4 rings (SSSR count). The summed E-state index contributed by atoms with van der Waals surface area (Å²) in [4.78, 5) is 27.0. The van der Waals surface area contributed by atoms with Crippen molar-refractivity contribution in [3.8, 4) is 11.8 Å². The molecule has 28 heavy (non-hydrogen) atoms. The standard InChI is InChI=1S/C18H20FN5O4/c1-27-17-14(19)6-11(7-20-17)23-5-3-15-13(9-23)16(22-10-21-15)28-12-2-4-24(8-12)18(25)26/h6-7,10,12H,2-5,8-9H2,1H3,(H,25,26)/t12-/m0/s1. The molecule has 2 aliphatic heterocycles. The first-order valence-corrected chi connectivity index (χ1v) is 8.97. The number of pyridine rings is 1. The highest BCUT2D eigenvalue weighted by atomic mass is 19.1. The molecule has 0 bridgehead atoms. The lowest BCUT2D eigenvalue weighted by Gasteiger charge is -2.31. The zero-order chi connectivity index (χ0) is 19.7. The molecule has 2 aromatic rings. The molecule has 0 aliphatic carbocycles. The molecule has 0 saturated carbocycles. The van der Waals surface area contributed by atoms with E-state index in [0.29, 0.717) is 50.6 Å². The van der Waals surface area contributed by atoms with Crippen LogP contribution in [0.15, 0.2) is 18.6 Å². The Labute approximate surface area is 160 Å². The summed E-state index contributed by atoms with van der Waals surface area (Å²) in [5.74, 6) is -0.113. The average Bonchev–Trinajstić information content (AvgIpc) is 3.17. The van der Waals surface area contributed by atoms with Gasteiger partial charge in [0, 0.05) is 32.0 Å². The normalized spacial score (nSPS) is 18.7. The van der Waals surface area contributed by atoms with E-state index in [1.54, 1.807) is 6.20 Å². The third-order valence-electron chi connectivity index (χ3n) is 5.01. The van der Waals surface area contributed by atoms with E-state index >= 15 is 0 Å². The van der Waals surface area contributed by atoms with Crippen LogP contribution in [0.25, 0.3) is 0 Å². The van der Waals surface area contributed by atoms with E-state index in [1.165, 1.54) is 24.4 Å². The molecule has 2 aromatic heterocycles. The van der Waals surface area contributed by atoms with Gasteiger partial charge in [0.05, 0.1) is 43.3 Å². The van der Waals surface area contributed by atoms with Gasteiger partial charge in [-0.2, -0.15) is 0 Å². The summed E-state index contributed by atoms with van der Waals surface area (Å²) in [5, 5.41) is 9.10. The van der Waals surface area contributed by atoms with Crippen LogP contribution >= 0.6 is 0 Å². The van der Waals surface area contributed by atoms with Gasteiger partial charge in [0.1, 0.15) is 12.4 Å². The van der Waals surface area contributed by atoms with Crippen LogP contribution in [0.3, 0.4) is 0 Å². The molecular formula is C18H20FN5O4. The Kier molecular flexibility index (Phi) is 4.84. The van der Waals surface area contributed by atoms with Crippen LogP contribution in [0.5, 0.6) is 11.8 Å². The lowest BCUT2D eigenvalue weighted by Crippen LogP contribution is -2.33. The van der Waals surface area contributed by atoms with Crippen molar-refractivity contribution in [2.75, 3.05) is 31.6 Å². The highest BCUT2D eigenvalue weighted by molar-refractivity contribution is 5.65. The van der Waals surface area contributed by atoms with E-state index in [-0.39, 0.29) is 12.0 Å². The van der Waals surface area contributed by atoms with Crippen LogP contribution in [0.2, 0.25) is 0 Å². The number of carboxylic acid groups (broad SMARTS) is 1. The molecule has 1 fully saturated rings. The zero-order valence-electron chi connectivity index (χ0n) is 15.3. The fraction of sp³-hybridized carbons (Fsp3) is 0.444. The van der Waals surface area contributed by atoms with Crippen LogP contribution in [0, 0.1) is 5.82 Å². The van der Waals surface area contributed by atoms with Gasteiger partial charge in [0.15, 0.2) is 5.82 Å². The van der Waals surface area contributed by atoms with Crippen LogP contribution in [0.1, 0.15) is 17.7 Å². The van der Waals surface area contributed by atoms with Crippen molar-refractivity contribution < 1.29 is 23.8 Å². The third-order valence-corrected chi connectivity index (χ3v) is 5.01. The predicted octanol–water partition coefficient (Wildman–Crippen LogP) is 1.71. The second-order valence-electron chi connectivity index (χ2n) is 6.72. The van der Waals surface area contributed by atoms with Gasteiger partial charge in [-0.15, -0.1) is 0 Å². The maximum atomic E-state index is 14.0. The van der Waals surface area contributed by atoms with Crippen molar-refractivity contribution in [2.45, 2.75) is 25.5 Å². The van der Waals surface area contributed by atoms with Crippen LogP contribution < -0.4 is 14.4 Å². The summed E-state index contributed by atoms with van der Waals surface area (Å²) in [7, 11) is 1.37. The van der Waals surface area contributed by atoms with Gasteiger partial charge in [-0.05, 0) is 0 Å². The molecule has 4 heterocycles. The van der Waals surface area contributed by atoms with E-state index in [1.807, 2.05) is 4.90 Å². The third kappa shape index (κ3) is 3.49. The first-order chi connectivity index (χ1) is 13.5. The van der Waals surface area contributed by atoms with Gasteiger partial charge in [0.2, 0.25) is 11.8 Å². The Bertz CT molecular complexity index is 896. The molecule has 1 atom stereocenters. The molecular weight excluding hydrogens is 369 g/mol. The van der Waals surface area contributed by atoms with E-state index in [4.69, 9.17) is 14.6 Å². The maximum absolute atomic E-state index is 14.0. The molecule has 1 amide bonds. The lowest BCUT2D eigenvalue weighted by molar-refractivity contribution is 0.144. The fourth-order valence-corrected chi connectivity index (χ4v) is 3.53. The van der Waals surface area contributed by atoms with Gasteiger partial charge in [-0.3, -0.25) is 0 Å². The number of ether oxygens (including phenoxy) is 2. The van der Waals surface area contributed by atoms with Gasteiger partial charge in [0.25, 0.3) is 0 Å². The van der Waals surface area contributed by atoms with Crippen LogP contribution in [-0.2, 0) is 13.0 Å². The number of nitrogens with zero attached hydrogens (tertiary/aromatic N) is 5. The smallest absolute Gasteiger partial charge is 0.407 e. The Morgan fingerprint density at radius 3 is 2.86 bits per heavy atom. The van der Waals surface area contributed by atoms with Crippen LogP contribution in [0.4, 0.5) is 14.9 Å². The summed E-state index contributed by atoms with van der Waals surface area (Å²) in [5.41, 5.74) is 2.35. The van der Waals surface area contributed by atoms with Crippen LogP contribution in [-0.4, -0.2) is 63.9 Å². The Hall–Kier alpha value is -3.17. The molecule has 10 heteroatoms. The number of aromatic nitrogens is 3. The molecule has 9 nitrogen and oxygen atoms in total. The van der Waals surface area contributed by atoms with Crippen molar-refractivity contribution >= 4 is 11.8 Å². The summed E-state index contributed by atoms with van der Waals surface area (Å²) < 4.78 is 24.9. The number of likely N-dealkylation sites (tertiary alicyclic amines) is 1. The Morgan fingerprint density at radius 2 is 2.14 bits per heavy atom. The van der Waals surface area contributed by atoms with Crippen molar-refractivity contribution in [1.29, 1.82) is 0 Å². The summed E-state index contributed by atoms with van der Waals surface area (Å²) in [6, 6.07) is 1.39. The minimum absolute atomic E-state index is 0.0438. The Balaban J connectivity index is 1.53. The topological polar surface area (TPSA) is 101 Å².